The van der Waals surface area contributed by atoms with E-state index in [-0.39, 0.29) is 5.41 Å². The summed E-state index contributed by atoms with van der Waals surface area (Å²) in [5.74, 6) is 0.707. The summed E-state index contributed by atoms with van der Waals surface area (Å²) >= 11 is 0. The Bertz CT molecular complexity index is 359. The fourth-order valence-corrected chi connectivity index (χ4v) is 2.56. The minimum Gasteiger partial charge on any atom is -0.495 e. The van der Waals surface area contributed by atoms with E-state index < -0.39 is 6.10 Å². The van der Waals surface area contributed by atoms with Gasteiger partial charge in [0, 0.05) is 11.8 Å². The SMILES string of the molecule is COc1cncc(C(O)C2(C)CCCC2)c1. The second-order valence-corrected chi connectivity index (χ2v) is 4.92. The molecule has 1 atom stereocenters. The molecule has 0 bridgehead atoms. The zero-order chi connectivity index (χ0) is 11.6. The quantitative estimate of drug-likeness (QED) is 0.853. The van der Waals surface area contributed by atoms with Crippen molar-refractivity contribution in [2.75, 3.05) is 7.11 Å². The highest BCUT2D eigenvalue weighted by Gasteiger charge is 2.36. The van der Waals surface area contributed by atoms with Crippen LogP contribution in [-0.2, 0) is 0 Å². The van der Waals surface area contributed by atoms with E-state index in [0.717, 1.165) is 18.4 Å². The molecule has 1 fully saturated rings. The molecule has 1 aromatic rings. The molecule has 1 saturated carbocycles. The van der Waals surface area contributed by atoms with Crippen molar-refractivity contribution in [2.24, 2.45) is 5.41 Å². The Hall–Kier alpha value is -1.09. The fourth-order valence-electron chi connectivity index (χ4n) is 2.56. The van der Waals surface area contributed by atoms with Gasteiger partial charge in [0.25, 0.3) is 0 Å². The minimum atomic E-state index is -0.433. The Kier molecular flexibility index (Phi) is 3.15. The average Bonchev–Trinajstić information content (AvgIpc) is 2.76. The molecule has 88 valence electrons. The van der Waals surface area contributed by atoms with Gasteiger partial charge in [0.15, 0.2) is 0 Å². The second-order valence-electron chi connectivity index (χ2n) is 4.92. The molecule has 1 aliphatic rings. The van der Waals surface area contributed by atoms with Crippen LogP contribution in [0.5, 0.6) is 5.75 Å². The average molecular weight is 221 g/mol. The highest BCUT2D eigenvalue weighted by Crippen LogP contribution is 2.47. The van der Waals surface area contributed by atoms with Crippen molar-refractivity contribution in [1.29, 1.82) is 0 Å². The van der Waals surface area contributed by atoms with E-state index in [4.69, 9.17) is 4.74 Å². The van der Waals surface area contributed by atoms with Gasteiger partial charge >= 0.3 is 0 Å². The third-order valence-electron chi connectivity index (χ3n) is 3.69. The highest BCUT2D eigenvalue weighted by molar-refractivity contribution is 5.26. The number of aliphatic hydroxyl groups excluding tert-OH is 1. The van der Waals surface area contributed by atoms with E-state index in [9.17, 15) is 5.11 Å². The van der Waals surface area contributed by atoms with Gasteiger partial charge in [-0.15, -0.1) is 0 Å². The molecule has 1 aliphatic carbocycles. The third-order valence-corrected chi connectivity index (χ3v) is 3.69. The first-order chi connectivity index (χ1) is 7.65. The Morgan fingerprint density at radius 2 is 2.06 bits per heavy atom. The monoisotopic (exact) mass is 221 g/mol. The van der Waals surface area contributed by atoms with Crippen molar-refractivity contribution in [3.8, 4) is 5.75 Å². The topological polar surface area (TPSA) is 42.4 Å². The standard InChI is InChI=1S/C13H19NO2/c1-13(5-3-4-6-13)12(15)10-7-11(16-2)9-14-8-10/h7-9,12,15H,3-6H2,1-2H3. The van der Waals surface area contributed by atoms with E-state index in [2.05, 4.69) is 11.9 Å². The summed E-state index contributed by atoms with van der Waals surface area (Å²) in [6, 6.07) is 1.88. The van der Waals surface area contributed by atoms with E-state index >= 15 is 0 Å². The number of hydrogen-bond donors (Lipinski definition) is 1. The van der Waals surface area contributed by atoms with Crippen molar-refractivity contribution < 1.29 is 9.84 Å². The number of ether oxygens (including phenoxy) is 1. The van der Waals surface area contributed by atoms with Crippen LogP contribution in [0.2, 0.25) is 0 Å². The van der Waals surface area contributed by atoms with Crippen LogP contribution in [0.15, 0.2) is 18.5 Å². The summed E-state index contributed by atoms with van der Waals surface area (Å²) in [4.78, 5) is 4.09. The van der Waals surface area contributed by atoms with Gasteiger partial charge in [-0.05, 0) is 24.3 Å². The molecule has 0 aliphatic heterocycles. The molecule has 1 aromatic heterocycles. The molecule has 0 saturated heterocycles. The summed E-state index contributed by atoms with van der Waals surface area (Å²) in [6.45, 7) is 2.16. The summed E-state index contributed by atoms with van der Waals surface area (Å²) in [7, 11) is 1.62. The molecule has 3 nitrogen and oxygen atoms in total. The summed E-state index contributed by atoms with van der Waals surface area (Å²) < 4.78 is 5.13. The van der Waals surface area contributed by atoms with Crippen molar-refractivity contribution in [3.05, 3.63) is 24.0 Å². The first-order valence-electron chi connectivity index (χ1n) is 5.83. The van der Waals surface area contributed by atoms with Crippen molar-refractivity contribution in [3.63, 3.8) is 0 Å². The third kappa shape index (κ3) is 2.05. The van der Waals surface area contributed by atoms with E-state index in [1.54, 1.807) is 19.5 Å². The molecular weight excluding hydrogens is 202 g/mol. The Labute approximate surface area is 96.5 Å². The van der Waals surface area contributed by atoms with Gasteiger partial charge in [-0.25, -0.2) is 0 Å². The summed E-state index contributed by atoms with van der Waals surface area (Å²) in [5, 5.41) is 10.4. The molecule has 0 aromatic carbocycles. The normalized spacial score (nSPS) is 20.7. The van der Waals surface area contributed by atoms with Gasteiger partial charge < -0.3 is 9.84 Å². The van der Waals surface area contributed by atoms with Gasteiger partial charge in [0.05, 0.1) is 19.4 Å². The van der Waals surface area contributed by atoms with Crippen LogP contribution in [0.3, 0.4) is 0 Å². The molecule has 0 spiro atoms. The Balaban J connectivity index is 2.22. The lowest BCUT2D eigenvalue weighted by Gasteiger charge is -2.30. The molecule has 3 heteroatoms. The predicted molar refractivity (Wildman–Crippen MR) is 62.3 cm³/mol. The highest BCUT2D eigenvalue weighted by atomic mass is 16.5. The van der Waals surface area contributed by atoms with E-state index in [0.29, 0.717) is 5.75 Å². The molecular formula is C13H19NO2. The minimum absolute atomic E-state index is 0.00798. The Morgan fingerprint density at radius 1 is 1.38 bits per heavy atom. The van der Waals surface area contributed by atoms with Gasteiger partial charge in [0.2, 0.25) is 0 Å². The summed E-state index contributed by atoms with van der Waals surface area (Å²) in [5.41, 5.74) is 0.873. The molecule has 16 heavy (non-hydrogen) atoms. The van der Waals surface area contributed by atoms with E-state index in [1.165, 1.54) is 12.8 Å². The van der Waals surface area contributed by atoms with Crippen LogP contribution < -0.4 is 4.74 Å². The number of pyridine rings is 1. The van der Waals surface area contributed by atoms with Crippen LogP contribution in [-0.4, -0.2) is 17.2 Å². The number of hydrogen-bond acceptors (Lipinski definition) is 3. The number of methoxy groups -OCH3 is 1. The molecule has 1 heterocycles. The van der Waals surface area contributed by atoms with Crippen LogP contribution in [0, 0.1) is 5.41 Å². The van der Waals surface area contributed by atoms with Gasteiger partial charge in [-0.3, -0.25) is 4.98 Å². The molecule has 1 N–H and O–H groups in total. The lowest BCUT2D eigenvalue weighted by Crippen LogP contribution is -2.22. The molecule has 0 radical (unpaired) electrons. The fraction of sp³-hybridized carbons (Fsp3) is 0.615. The van der Waals surface area contributed by atoms with Crippen LogP contribution >= 0.6 is 0 Å². The maximum Gasteiger partial charge on any atom is 0.137 e. The first-order valence-corrected chi connectivity index (χ1v) is 5.83. The van der Waals surface area contributed by atoms with Gasteiger partial charge in [-0.1, -0.05) is 19.8 Å². The lowest BCUT2D eigenvalue weighted by molar-refractivity contribution is 0.0404. The zero-order valence-corrected chi connectivity index (χ0v) is 9.94. The zero-order valence-electron chi connectivity index (χ0n) is 9.94. The van der Waals surface area contributed by atoms with Crippen molar-refractivity contribution in [1.82, 2.24) is 4.98 Å². The van der Waals surface area contributed by atoms with Crippen LogP contribution in [0.25, 0.3) is 0 Å². The van der Waals surface area contributed by atoms with Crippen molar-refractivity contribution in [2.45, 2.75) is 38.7 Å². The maximum atomic E-state index is 10.4. The number of aliphatic hydroxyl groups is 1. The predicted octanol–water partition coefficient (Wildman–Crippen LogP) is 2.70. The second kappa shape index (κ2) is 4.42. The number of rotatable bonds is 3. The van der Waals surface area contributed by atoms with Crippen LogP contribution in [0.4, 0.5) is 0 Å². The summed E-state index contributed by atoms with van der Waals surface area (Å²) in [6.07, 6.45) is 7.56. The molecule has 0 amide bonds. The largest absolute Gasteiger partial charge is 0.495 e. The number of aromatic nitrogens is 1. The van der Waals surface area contributed by atoms with Gasteiger partial charge in [0.1, 0.15) is 5.75 Å². The van der Waals surface area contributed by atoms with Crippen molar-refractivity contribution >= 4 is 0 Å². The lowest BCUT2D eigenvalue weighted by atomic mass is 9.80. The van der Waals surface area contributed by atoms with Gasteiger partial charge in [-0.2, -0.15) is 0 Å². The molecule has 2 rings (SSSR count). The molecule has 1 unspecified atom stereocenters. The first kappa shape index (κ1) is 11.4. The number of nitrogens with zero attached hydrogens (tertiary/aromatic N) is 1. The Morgan fingerprint density at radius 3 is 2.69 bits per heavy atom. The smallest absolute Gasteiger partial charge is 0.137 e. The van der Waals surface area contributed by atoms with E-state index in [1.807, 2.05) is 6.07 Å². The van der Waals surface area contributed by atoms with Crippen LogP contribution in [0.1, 0.15) is 44.3 Å². The maximum absolute atomic E-state index is 10.4.